The van der Waals surface area contributed by atoms with Gasteiger partial charge in [-0.25, -0.2) is 0 Å². The number of aromatic nitrogens is 1. The SMILES string of the molecule is Cc1cccnc1CN1CCC2(CCNCC2)C1. The quantitative estimate of drug-likeness (QED) is 0.863. The van der Waals surface area contributed by atoms with Crippen molar-refractivity contribution in [2.45, 2.75) is 32.7 Å². The normalized spacial score (nSPS) is 23.6. The fourth-order valence-corrected chi connectivity index (χ4v) is 3.42. The van der Waals surface area contributed by atoms with Crippen LogP contribution in [0.15, 0.2) is 18.3 Å². The van der Waals surface area contributed by atoms with Gasteiger partial charge in [0, 0.05) is 19.3 Å². The minimum Gasteiger partial charge on any atom is -0.317 e. The van der Waals surface area contributed by atoms with Gasteiger partial charge in [-0.3, -0.25) is 9.88 Å². The van der Waals surface area contributed by atoms with Crippen molar-refractivity contribution in [2.75, 3.05) is 26.2 Å². The monoisotopic (exact) mass is 245 g/mol. The lowest BCUT2D eigenvalue weighted by Crippen LogP contribution is -2.38. The number of hydrogen-bond acceptors (Lipinski definition) is 3. The number of hydrogen-bond donors (Lipinski definition) is 1. The van der Waals surface area contributed by atoms with Crippen LogP contribution in [0.2, 0.25) is 0 Å². The van der Waals surface area contributed by atoms with Gasteiger partial charge >= 0.3 is 0 Å². The van der Waals surface area contributed by atoms with E-state index in [1.165, 1.54) is 56.7 Å². The first-order valence-corrected chi connectivity index (χ1v) is 7.11. The van der Waals surface area contributed by atoms with Crippen LogP contribution in [0, 0.1) is 12.3 Å². The minimum absolute atomic E-state index is 0.605. The predicted octanol–water partition coefficient (Wildman–Crippen LogP) is 1.97. The van der Waals surface area contributed by atoms with Crippen molar-refractivity contribution in [1.82, 2.24) is 15.2 Å². The molecule has 0 aliphatic carbocycles. The van der Waals surface area contributed by atoms with Crippen molar-refractivity contribution in [3.8, 4) is 0 Å². The maximum Gasteiger partial charge on any atom is 0.0573 e. The lowest BCUT2D eigenvalue weighted by molar-refractivity contribution is 0.193. The number of nitrogens with zero attached hydrogens (tertiary/aromatic N) is 2. The van der Waals surface area contributed by atoms with Crippen LogP contribution in [0.25, 0.3) is 0 Å². The first-order valence-electron chi connectivity index (χ1n) is 7.11. The molecule has 2 aliphatic rings. The van der Waals surface area contributed by atoms with Crippen LogP contribution in [0.3, 0.4) is 0 Å². The average molecular weight is 245 g/mol. The standard InChI is InChI=1S/C15H23N3/c1-13-3-2-7-17-14(13)11-18-10-6-15(12-18)4-8-16-9-5-15/h2-3,7,16H,4-6,8-12H2,1H3. The molecule has 0 unspecified atom stereocenters. The highest BCUT2D eigenvalue weighted by atomic mass is 15.2. The molecule has 18 heavy (non-hydrogen) atoms. The van der Waals surface area contributed by atoms with Gasteiger partial charge in [0.1, 0.15) is 0 Å². The fraction of sp³-hybridized carbons (Fsp3) is 0.667. The number of aryl methyl sites for hydroxylation is 1. The molecule has 0 bridgehead atoms. The number of pyridine rings is 1. The summed E-state index contributed by atoms with van der Waals surface area (Å²) >= 11 is 0. The highest BCUT2D eigenvalue weighted by Crippen LogP contribution is 2.38. The van der Waals surface area contributed by atoms with Crippen LogP contribution < -0.4 is 5.32 Å². The van der Waals surface area contributed by atoms with Gasteiger partial charge in [-0.1, -0.05) is 6.07 Å². The average Bonchev–Trinajstić information content (AvgIpc) is 2.76. The molecule has 3 heterocycles. The molecule has 0 atom stereocenters. The van der Waals surface area contributed by atoms with Crippen molar-refractivity contribution in [2.24, 2.45) is 5.41 Å². The summed E-state index contributed by atoms with van der Waals surface area (Å²) in [5.74, 6) is 0. The molecular weight excluding hydrogens is 222 g/mol. The third kappa shape index (κ3) is 2.43. The molecule has 2 saturated heterocycles. The zero-order valence-corrected chi connectivity index (χ0v) is 11.3. The molecule has 1 N–H and O–H groups in total. The molecule has 3 heteroatoms. The molecule has 1 aromatic heterocycles. The van der Waals surface area contributed by atoms with Gasteiger partial charge in [0.2, 0.25) is 0 Å². The molecule has 0 saturated carbocycles. The summed E-state index contributed by atoms with van der Waals surface area (Å²) in [5.41, 5.74) is 3.18. The summed E-state index contributed by atoms with van der Waals surface area (Å²) in [6.45, 7) is 8.12. The molecule has 0 radical (unpaired) electrons. The topological polar surface area (TPSA) is 28.2 Å². The lowest BCUT2D eigenvalue weighted by Gasteiger charge is -2.33. The first-order chi connectivity index (χ1) is 8.77. The number of piperidine rings is 1. The highest BCUT2D eigenvalue weighted by Gasteiger charge is 2.38. The second-order valence-corrected chi connectivity index (χ2v) is 5.98. The van der Waals surface area contributed by atoms with Gasteiger partial charge in [0.15, 0.2) is 0 Å². The maximum atomic E-state index is 4.52. The van der Waals surface area contributed by atoms with Crippen molar-refractivity contribution >= 4 is 0 Å². The van der Waals surface area contributed by atoms with Gasteiger partial charge < -0.3 is 5.32 Å². The molecule has 3 rings (SSSR count). The Morgan fingerprint density at radius 3 is 2.94 bits per heavy atom. The molecule has 0 aromatic carbocycles. The summed E-state index contributed by atoms with van der Waals surface area (Å²) in [6.07, 6.45) is 5.99. The van der Waals surface area contributed by atoms with E-state index in [9.17, 15) is 0 Å². The minimum atomic E-state index is 0.605. The van der Waals surface area contributed by atoms with Crippen LogP contribution in [0.1, 0.15) is 30.5 Å². The molecule has 1 aromatic rings. The van der Waals surface area contributed by atoms with E-state index in [0.29, 0.717) is 5.41 Å². The number of likely N-dealkylation sites (tertiary alicyclic amines) is 1. The second kappa shape index (κ2) is 4.98. The third-order valence-electron chi connectivity index (χ3n) is 4.67. The van der Waals surface area contributed by atoms with E-state index in [1.54, 1.807) is 0 Å². The Kier molecular flexibility index (Phi) is 3.35. The smallest absolute Gasteiger partial charge is 0.0573 e. The molecule has 98 valence electrons. The molecule has 1 spiro atoms. The molecule has 0 amide bonds. The van der Waals surface area contributed by atoms with Crippen LogP contribution >= 0.6 is 0 Å². The zero-order chi connectivity index (χ0) is 12.4. The van der Waals surface area contributed by atoms with E-state index in [0.717, 1.165) is 6.54 Å². The van der Waals surface area contributed by atoms with Crippen molar-refractivity contribution < 1.29 is 0 Å². The fourth-order valence-electron chi connectivity index (χ4n) is 3.42. The van der Waals surface area contributed by atoms with Crippen LogP contribution in [-0.2, 0) is 6.54 Å². The van der Waals surface area contributed by atoms with E-state index in [1.807, 2.05) is 12.3 Å². The Balaban J connectivity index is 1.64. The highest BCUT2D eigenvalue weighted by molar-refractivity contribution is 5.17. The van der Waals surface area contributed by atoms with Crippen LogP contribution in [0.5, 0.6) is 0 Å². The van der Waals surface area contributed by atoms with Crippen LogP contribution in [-0.4, -0.2) is 36.1 Å². The Morgan fingerprint density at radius 2 is 2.17 bits per heavy atom. The van der Waals surface area contributed by atoms with Crippen molar-refractivity contribution in [3.63, 3.8) is 0 Å². The Bertz CT molecular complexity index is 410. The lowest BCUT2D eigenvalue weighted by atomic mass is 9.78. The van der Waals surface area contributed by atoms with Crippen LogP contribution in [0.4, 0.5) is 0 Å². The summed E-state index contributed by atoms with van der Waals surface area (Å²) in [5, 5.41) is 3.48. The van der Waals surface area contributed by atoms with Crippen molar-refractivity contribution in [1.29, 1.82) is 0 Å². The first kappa shape index (κ1) is 12.1. The maximum absolute atomic E-state index is 4.52. The van der Waals surface area contributed by atoms with Gasteiger partial charge in [-0.05, 0) is 62.9 Å². The van der Waals surface area contributed by atoms with E-state index in [2.05, 4.69) is 28.2 Å². The number of nitrogens with one attached hydrogen (secondary N) is 1. The van der Waals surface area contributed by atoms with E-state index < -0.39 is 0 Å². The van der Waals surface area contributed by atoms with Gasteiger partial charge in [0.05, 0.1) is 5.69 Å². The molecule has 2 fully saturated rings. The van der Waals surface area contributed by atoms with Gasteiger partial charge in [0.25, 0.3) is 0 Å². The van der Waals surface area contributed by atoms with Crippen molar-refractivity contribution in [3.05, 3.63) is 29.6 Å². The summed E-state index contributed by atoms with van der Waals surface area (Å²) in [6, 6.07) is 4.19. The van der Waals surface area contributed by atoms with Gasteiger partial charge in [-0.2, -0.15) is 0 Å². The van der Waals surface area contributed by atoms with E-state index in [-0.39, 0.29) is 0 Å². The van der Waals surface area contributed by atoms with E-state index in [4.69, 9.17) is 0 Å². The predicted molar refractivity (Wildman–Crippen MR) is 73.4 cm³/mol. The largest absolute Gasteiger partial charge is 0.317 e. The summed E-state index contributed by atoms with van der Waals surface area (Å²) in [7, 11) is 0. The van der Waals surface area contributed by atoms with E-state index >= 15 is 0 Å². The molecule has 3 nitrogen and oxygen atoms in total. The Labute approximate surface area is 110 Å². The molecule has 2 aliphatic heterocycles. The zero-order valence-electron chi connectivity index (χ0n) is 11.3. The third-order valence-corrected chi connectivity index (χ3v) is 4.67. The Hall–Kier alpha value is -0.930. The summed E-state index contributed by atoms with van der Waals surface area (Å²) < 4.78 is 0. The number of rotatable bonds is 2. The second-order valence-electron chi connectivity index (χ2n) is 5.98. The van der Waals surface area contributed by atoms with Gasteiger partial charge in [-0.15, -0.1) is 0 Å². The molecular formula is C15H23N3. The Morgan fingerprint density at radius 1 is 1.33 bits per heavy atom. The summed E-state index contributed by atoms with van der Waals surface area (Å²) in [4.78, 5) is 7.12.